The molecule has 0 bridgehead atoms. The molecule has 1 heterocycles. The van der Waals surface area contributed by atoms with Gasteiger partial charge >= 0.3 is 6.18 Å². The van der Waals surface area contributed by atoms with Crippen LogP contribution in [0.1, 0.15) is 5.56 Å². The second kappa shape index (κ2) is 4.25. The second-order valence-electron chi connectivity index (χ2n) is 3.45. The predicted octanol–water partition coefficient (Wildman–Crippen LogP) is 3.45. The van der Waals surface area contributed by atoms with Crippen molar-refractivity contribution >= 4 is 0 Å². The van der Waals surface area contributed by atoms with Crippen LogP contribution in [0.4, 0.5) is 30.7 Å². The molecule has 2 aromatic rings. The monoisotopic (exact) mass is 284 g/mol. The van der Waals surface area contributed by atoms with Gasteiger partial charge in [0.2, 0.25) is 0 Å². The first kappa shape index (κ1) is 13.4. The molecule has 0 aliphatic carbocycles. The predicted molar refractivity (Wildman–Crippen MR) is 48.4 cm³/mol. The first-order valence-electron chi connectivity index (χ1n) is 4.66. The molecule has 2 rings (SSSR count). The van der Waals surface area contributed by atoms with Gasteiger partial charge in [0.1, 0.15) is 11.3 Å². The standard InChI is InChI=1S/C10H3F7N2/c11-5-4(10(15,16)17)9(19-2-1-18-3-19)8(14)7(13)6(5)12/h1-3H. The van der Waals surface area contributed by atoms with Gasteiger partial charge in [0, 0.05) is 12.4 Å². The first-order valence-corrected chi connectivity index (χ1v) is 4.66. The van der Waals surface area contributed by atoms with E-state index < -0.39 is 40.7 Å². The summed E-state index contributed by atoms with van der Waals surface area (Å²) in [5.74, 6) is -9.50. The van der Waals surface area contributed by atoms with Crippen LogP contribution < -0.4 is 0 Å². The van der Waals surface area contributed by atoms with Gasteiger partial charge in [0.15, 0.2) is 23.3 Å². The summed E-state index contributed by atoms with van der Waals surface area (Å²) in [7, 11) is 0. The number of halogens is 7. The summed E-state index contributed by atoms with van der Waals surface area (Å²) >= 11 is 0. The zero-order valence-electron chi connectivity index (χ0n) is 8.77. The summed E-state index contributed by atoms with van der Waals surface area (Å²) in [5, 5.41) is 0. The van der Waals surface area contributed by atoms with E-state index in [9.17, 15) is 30.7 Å². The molecule has 0 spiro atoms. The average molecular weight is 284 g/mol. The van der Waals surface area contributed by atoms with Crippen LogP contribution in [0.5, 0.6) is 0 Å². The fourth-order valence-electron chi connectivity index (χ4n) is 1.51. The van der Waals surface area contributed by atoms with E-state index in [0.717, 1.165) is 12.4 Å². The Labute approximate surface area is 101 Å². The van der Waals surface area contributed by atoms with Crippen molar-refractivity contribution in [3.05, 3.63) is 47.6 Å². The molecule has 0 N–H and O–H groups in total. The third-order valence-electron chi connectivity index (χ3n) is 2.29. The minimum atomic E-state index is -5.40. The van der Waals surface area contributed by atoms with Crippen molar-refractivity contribution < 1.29 is 30.7 Å². The van der Waals surface area contributed by atoms with E-state index in [1.807, 2.05) is 0 Å². The van der Waals surface area contributed by atoms with Crippen molar-refractivity contribution in [2.45, 2.75) is 6.18 Å². The van der Waals surface area contributed by atoms with Crippen LogP contribution in [0.3, 0.4) is 0 Å². The zero-order chi connectivity index (χ0) is 14.4. The van der Waals surface area contributed by atoms with Crippen molar-refractivity contribution in [1.29, 1.82) is 0 Å². The molecule has 0 unspecified atom stereocenters. The third-order valence-corrected chi connectivity index (χ3v) is 2.29. The third kappa shape index (κ3) is 2.04. The molecule has 19 heavy (non-hydrogen) atoms. The number of nitrogens with zero attached hydrogens (tertiary/aromatic N) is 2. The summed E-state index contributed by atoms with van der Waals surface area (Å²) in [6.45, 7) is 0. The average Bonchev–Trinajstić information content (AvgIpc) is 2.82. The molecule has 0 aliphatic rings. The Morgan fingerprint density at radius 1 is 0.895 bits per heavy atom. The lowest BCUT2D eigenvalue weighted by molar-refractivity contribution is -0.140. The molecule has 1 aromatic heterocycles. The van der Waals surface area contributed by atoms with Crippen molar-refractivity contribution in [1.82, 2.24) is 9.55 Å². The quantitative estimate of drug-likeness (QED) is 0.445. The van der Waals surface area contributed by atoms with Crippen molar-refractivity contribution in [2.75, 3.05) is 0 Å². The highest BCUT2D eigenvalue weighted by molar-refractivity contribution is 5.46. The number of hydrogen-bond donors (Lipinski definition) is 0. The largest absolute Gasteiger partial charge is 0.421 e. The summed E-state index contributed by atoms with van der Waals surface area (Å²) in [4.78, 5) is 3.33. The van der Waals surface area contributed by atoms with Crippen molar-refractivity contribution in [3.8, 4) is 5.69 Å². The molecule has 1 aromatic carbocycles. The fraction of sp³-hybridized carbons (Fsp3) is 0.100. The minimum Gasteiger partial charge on any atom is -0.303 e. The van der Waals surface area contributed by atoms with Crippen LogP contribution in [0.25, 0.3) is 5.69 Å². The molecule has 0 fully saturated rings. The fourth-order valence-corrected chi connectivity index (χ4v) is 1.51. The van der Waals surface area contributed by atoms with Crippen molar-refractivity contribution in [3.63, 3.8) is 0 Å². The Morgan fingerprint density at radius 2 is 1.47 bits per heavy atom. The molecule has 0 aliphatic heterocycles. The van der Waals surface area contributed by atoms with E-state index >= 15 is 0 Å². The Hall–Kier alpha value is -2.06. The van der Waals surface area contributed by atoms with Gasteiger partial charge in [-0.2, -0.15) is 13.2 Å². The lowest BCUT2D eigenvalue weighted by atomic mass is 10.1. The number of imidazole rings is 1. The summed E-state index contributed by atoms with van der Waals surface area (Å²) in [5.41, 5.74) is -3.72. The van der Waals surface area contributed by atoms with Gasteiger partial charge in [-0.1, -0.05) is 0 Å². The van der Waals surface area contributed by atoms with Gasteiger partial charge in [-0.25, -0.2) is 22.5 Å². The van der Waals surface area contributed by atoms with Crippen molar-refractivity contribution in [2.24, 2.45) is 0 Å². The summed E-state index contributed by atoms with van der Waals surface area (Å²) in [6.07, 6.45) is -2.90. The van der Waals surface area contributed by atoms with Gasteiger partial charge < -0.3 is 4.57 Å². The lowest BCUT2D eigenvalue weighted by Crippen LogP contribution is -2.18. The molecule has 9 heteroatoms. The summed E-state index contributed by atoms with van der Waals surface area (Å²) < 4.78 is 91.0. The van der Waals surface area contributed by atoms with E-state index in [1.54, 1.807) is 0 Å². The maximum atomic E-state index is 13.5. The van der Waals surface area contributed by atoms with E-state index in [1.165, 1.54) is 0 Å². The van der Waals surface area contributed by atoms with E-state index in [-0.39, 0.29) is 0 Å². The van der Waals surface area contributed by atoms with Crippen LogP contribution >= 0.6 is 0 Å². The minimum absolute atomic E-state index is 0.407. The highest BCUT2D eigenvalue weighted by Crippen LogP contribution is 2.39. The molecule has 0 saturated carbocycles. The molecule has 0 atom stereocenters. The highest BCUT2D eigenvalue weighted by Gasteiger charge is 2.42. The molecule has 102 valence electrons. The van der Waals surface area contributed by atoms with Gasteiger partial charge in [0.05, 0.1) is 6.33 Å². The highest BCUT2D eigenvalue weighted by atomic mass is 19.4. The van der Waals surface area contributed by atoms with Crippen LogP contribution in [0.2, 0.25) is 0 Å². The van der Waals surface area contributed by atoms with Crippen LogP contribution in [0, 0.1) is 23.3 Å². The summed E-state index contributed by atoms with van der Waals surface area (Å²) in [6, 6.07) is 0. The SMILES string of the molecule is Fc1c(F)c(F)c(C(F)(F)F)c(-n2ccnc2)c1F. The molecular weight excluding hydrogens is 281 g/mol. The van der Waals surface area contributed by atoms with Crippen LogP contribution in [-0.2, 0) is 6.18 Å². The molecule has 2 nitrogen and oxygen atoms in total. The number of rotatable bonds is 1. The number of benzene rings is 1. The molecule has 0 radical (unpaired) electrons. The van der Waals surface area contributed by atoms with Gasteiger partial charge in [-0.15, -0.1) is 0 Å². The number of hydrogen-bond acceptors (Lipinski definition) is 1. The topological polar surface area (TPSA) is 17.8 Å². The maximum Gasteiger partial charge on any atom is 0.421 e. The number of aromatic nitrogens is 2. The van der Waals surface area contributed by atoms with Gasteiger partial charge in [-0.05, 0) is 0 Å². The Morgan fingerprint density at radius 3 is 1.95 bits per heavy atom. The second-order valence-corrected chi connectivity index (χ2v) is 3.45. The normalized spacial score (nSPS) is 11.9. The smallest absolute Gasteiger partial charge is 0.303 e. The zero-order valence-corrected chi connectivity index (χ0v) is 8.77. The molecule has 0 saturated heterocycles. The van der Waals surface area contributed by atoms with Gasteiger partial charge in [-0.3, -0.25) is 0 Å². The Kier molecular flexibility index (Phi) is 2.99. The van der Waals surface area contributed by atoms with Crippen LogP contribution in [-0.4, -0.2) is 9.55 Å². The van der Waals surface area contributed by atoms with Crippen LogP contribution in [0.15, 0.2) is 18.7 Å². The van der Waals surface area contributed by atoms with Gasteiger partial charge in [0.25, 0.3) is 0 Å². The molecule has 0 amide bonds. The molecular formula is C10H3F7N2. The first-order chi connectivity index (χ1) is 8.75. The number of alkyl halides is 3. The lowest BCUT2D eigenvalue weighted by Gasteiger charge is -2.16. The Bertz CT molecular complexity index is 616. The van der Waals surface area contributed by atoms with E-state index in [0.29, 0.717) is 10.9 Å². The maximum absolute atomic E-state index is 13.5. The van der Waals surface area contributed by atoms with E-state index in [2.05, 4.69) is 4.98 Å². The van der Waals surface area contributed by atoms with E-state index in [4.69, 9.17) is 0 Å². The Balaban J connectivity index is 2.92.